The fourth-order valence-electron chi connectivity index (χ4n) is 1.83. The van der Waals surface area contributed by atoms with Crippen LogP contribution in [-0.4, -0.2) is 9.97 Å². The number of halogens is 1. The van der Waals surface area contributed by atoms with Gasteiger partial charge in [0.15, 0.2) is 0 Å². The zero-order valence-corrected chi connectivity index (χ0v) is 9.66. The Morgan fingerprint density at radius 1 is 1.27 bits per heavy atom. The van der Waals surface area contributed by atoms with Gasteiger partial charge in [0.1, 0.15) is 0 Å². The van der Waals surface area contributed by atoms with E-state index in [1.54, 1.807) is 0 Å². The van der Waals surface area contributed by atoms with Crippen LogP contribution in [0.2, 0.25) is 0 Å². The molecule has 1 fully saturated rings. The number of nitrogens with zero attached hydrogens (tertiary/aromatic N) is 2. The summed E-state index contributed by atoms with van der Waals surface area (Å²) in [5.74, 6) is 0.961. The number of nitrogens with two attached hydrogens (primary N) is 1. The molecule has 0 radical (unpaired) electrons. The summed E-state index contributed by atoms with van der Waals surface area (Å²) < 4.78 is 0.982. The highest BCUT2D eigenvalue weighted by atomic mass is 79.9. The molecule has 3 nitrogen and oxygen atoms in total. The number of fused-ring (bicyclic) bond motifs is 1. The SMILES string of the molecule is Nc1nc(C2CC2)c2cccc(Br)c2n1. The molecule has 1 aromatic heterocycles. The van der Waals surface area contributed by atoms with Gasteiger partial charge in [0.2, 0.25) is 5.95 Å². The van der Waals surface area contributed by atoms with Crippen LogP contribution in [-0.2, 0) is 0 Å². The van der Waals surface area contributed by atoms with Gasteiger partial charge in [0.25, 0.3) is 0 Å². The first-order valence-corrected chi connectivity index (χ1v) is 5.76. The zero-order valence-electron chi connectivity index (χ0n) is 8.07. The first-order chi connectivity index (χ1) is 7.25. The largest absolute Gasteiger partial charge is 0.368 e. The Balaban J connectivity index is 2.38. The number of nitrogen functional groups attached to an aromatic ring is 1. The molecule has 76 valence electrons. The molecule has 0 bridgehead atoms. The Bertz CT molecular complexity index is 535. The summed E-state index contributed by atoms with van der Waals surface area (Å²) in [6.07, 6.45) is 2.44. The molecule has 0 saturated heterocycles. The summed E-state index contributed by atoms with van der Waals surface area (Å²) in [6.45, 7) is 0. The van der Waals surface area contributed by atoms with Gasteiger partial charge in [-0.15, -0.1) is 0 Å². The molecule has 3 rings (SSSR count). The third-order valence-electron chi connectivity index (χ3n) is 2.69. The summed E-state index contributed by atoms with van der Waals surface area (Å²) >= 11 is 3.49. The second-order valence-electron chi connectivity index (χ2n) is 3.88. The number of aromatic nitrogens is 2. The van der Waals surface area contributed by atoms with Gasteiger partial charge in [-0.2, -0.15) is 0 Å². The van der Waals surface area contributed by atoms with Gasteiger partial charge in [-0.05, 0) is 34.8 Å². The van der Waals surface area contributed by atoms with Gasteiger partial charge in [-0.25, -0.2) is 9.97 Å². The topological polar surface area (TPSA) is 51.8 Å². The van der Waals surface area contributed by atoms with Crippen LogP contribution in [0.15, 0.2) is 22.7 Å². The summed E-state index contributed by atoms with van der Waals surface area (Å²) in [5, 5.41) is 1.13. The maximum atomic E-state index is 5.72. The van der Waals surface area contributed by atoms with Crippen molar-refractivity contribution in [3.63, 3.8) is 0 Å². The van der Waals surface area contributed by atoms with Crippen LogP contribution >= 0.6 is 15.9 Å². The van der Waals surface area contributed by atoms with E-state index in [-0.39, 0.29) is 0 Å². The minimum Gasteiger partial charge on any atom is -0.368 e. The standard InChI is InChI=1S/C11H10BrN3/c12-8-3-1-2-7-9(6-4-5-6)14-11(13)15-10(7)8/h1-3,6H,4-5H2,(H2,13,14,15). The first kappa shape index (κ1) is 9.09. The van der Waals surface area contributed by atoms with Crippen molar-refractivity contribution in [3.8, 4) is 0 Å². The van der Waals surface area contributed by atoms with Crippen molar-refractivity contribution in [3.05, 3.63) is 28.4 Å². The van der Waals surface area contributed by atoms with Crippen LogP contribution in [0.5, 0.6) is 0 Å². The molecular weight excluding hydrogens is 254 g/mol. The van der Waals surface area contributed by atoms with Gasteiger partial charge in [0.05, 0.1) is 11.2 Å². The molecular formula is C11H10BrN3. The van der Waals surface area contributed by atoms with Crippen molar-refractivity contribution < 1.29 is 0 Å². The van der Waals surface area contributed by atoms with Gasteiger partial charge in [-0.1, -0.05) is 12.1 Å². The van der Waals surface area contributed by atoms with Crippen molar-refractivity contribution in [2.24, 2.45) is 0 Å². The average molecular weight is 264 g/mol. The second-order valence-corrected chi connectivity index (χ2v) is 4.73. The monoisotopic (exact) mass is 263 g/mol. The van der Waals surface area contributed by atoms with Crippen LogP contribution in [0, 0.1) is 0 Å². The molecule has 0 aliphatic heterocycles. The van der Waals surface area contributed by atoms with Gasteiger partial charge in [-0.3, -0.25) is 0 Å². The van der Waals surface area contributed by atoms with Crippen molar-refractivity contribution >= 4 is 32.8 Å². The number of anilines is 1. The Labute approximate surface area is 95.8 Å². The Morgan fingerprint density at radius 2 is 2.07 bits per heavy atom. The fraction of sp³-hybridized carbons (Fsp3) is 0.273. The lowest BCUT2D eigenvalue weighted by Gasteiger charge is -2.06. The van der Waals surface area contributed by atoms with E-state index in [9.17, 15) is 0 Å². The maximum absolute atomic E-state index is 5.72. The molecule has 1 aliphatic rings. The minimum absolute atomic E-state index is 0.372. The van der Waals surface area contributed by atoms with E-state index in [4.69, 9.17) is 5.73 Å². The number of rotatable bonds is 1. The first-order valence-electron chi connectivity index (χ1n) is 4.97. The van der Waals surface area contributed by atoms with E-state index < -0.39 is 0 Å². The van der Waals surface area contributed by atoms with Crippen LogP contribution in [0.25, 0.3) is 10.9 Å². The normalized spacial score (nSPS) is 15.8. The van der Waals surface area contributed by atoms with Crippen LogP contribution in [0.3, 0.4) is 0 Å². The van der Waals surface area contributed by atoms with E-state index in [1.165, 1.54) is 12.8 Å². The average Bonchev–Trinajstić information content (AvgIpc) is 3.02. The summed E-state index contributed by atoms with van der Waals surface area (Å²) in [4.78, 5) is 8.62. The molecule has 15 heavy (non-hydrogen) atoms. The van der Waals surface area contributed by atoms with Crippen molar-refractivity contribution in [2.45, 2.75) is 18.8 Å². The van der Waals surface area contributed by atoms with Crippen LogP contribution < -0.4 is 5.73 Å². The molecule has 1 aromatic carbocycles. The number of hydrogen-bond donors (Lipinski definition) is 1. The third kappa shape index (κ3) is 1.49. The molecule has 0 amide bonds. The van der Waals surface area contributed by atoms with E-state index in [0.717, 1.165) is 21.1 Å². The van der Waals surface area contributed by atoms with Crippen molar-refractivity contribution in [2.75, 3.05) is 5.73 Å². The van der Waals surface area contributed by atoms with E-state index in [1.807, 2.05) is 12.1 Å². The Morgan fingerprint density at radius 3 is 2.80 bits per heavy atom. The lowest BCUT2D eigenvalue weighted by molar-refractivity contribution is 1.03. The molecule has 4 heteroatoms. The Kier molecular flexibility index (Phi) is 1.92. The molecule has 1 heterocycles. The quantitative estimate of drug-likeness (QED) is 0.861. The van der Waals surface area contributed by atoms with Crippen molar-refractivity contribution in [1.82, 2.24) is 9.97 Å². The highest BCUT2D eigenvalue weighted by molar-refractivity contribution is 9.10. The lowest BCUT2D eigenvalue weighted by atomic mass is 10.1. The summed E-state index contributed by atoms with van der Waals surface area (Å²) in [7, 11) is 0. The second kappa shape index (κ2) is 3.17. The predicted molar refractivity (Wildman–Crippen MR) is 63.6 cm³/mol. The number of para-hydroxylation sites is 1. The highest BCUT2D eigenvalue weighted by Gasteiger charge is 2.27. The fourth-order valence-corrected chi connectivity index (χ4v) is 2.28. The molecule has 0 atom stereocenters. The summed E-state index contributed by atoms with van der Waals surface area (Å²) in [6, 6.07) is 6.05. The zero-order chi connectivity index (χ0) is 10.4. The summed E-state index contributed by atoms with van der Waals surface area (Å²) in [5.41, 5.74) is 7.75. The highest BCUT2D eigenvalue weighted by Crippen LogP contribution is 2.42. The van der Waals surface area contributed by atoms with Crippen LogP contribution in [0.4, 0.5) is 5.95 Å². The maximum Gasteiger partial charge on any atom is 0.220 e. The van der Waals surface area contributed by atoms with E-state index >= 15 is 0 Å². The third-order valence-corrected chi connectivity index (χ3v) is 3.33. The smallest absolute Gasteiger partial charge is 0.220 e. The molecule has 1 aliphatic carbocycles. The number of hydrogen-bond acceptors (Lipinski definition) is 3. The molecule has 1 saturated carbocycles. The Hall–Kier alpha value is -1.16. The van der Waals surface area contributed by atoms with E-state index in [2.05, 4.69) is 32.0 Å². The molecule has 0 spiro atoms. The van der Waals surface area contributed by atoms with Gasteiger partial charge in [0, 0.05) is 15.8 Å². The van der Waals surface area contributed by atoms with Crippen molar-refractivity contribution in [1.29, 1.82) is 0 Å². The number of benzene rings is 1. The lowest BCUT2D eigenvalue weighted by Crippen LogP contribution is -2.00. The van der Waals surface area contributed by atoms with E-state index in [0.29, 0.717) is 11.9 Å². The van der Waals surface area contributed by atoms with Gasteiger partial charge >= 0.3 is 0 Å². The van der Waals surface area contributed by atoms with Gasteiger partial charge < -0.3 is 5.73 Å². The minimum atomic E-state index is 0.372. The molecule has 2 N–H and O–H groups in total. The van der Waals surface area contributed by atoms with Crippen LogP contribution in [0.1, 0.15) is 24.5 Å². The molecule has 2 aromatic rings. The predicted octanol–water partition coefficient (Wildman–Crippen LogP) is 2.85. The molecule has 0 unspecified atom stereocenters.